The molecule has 0 saturated heterocycles. The Hall–Kier alpha value is -2.18. The minimum absolute atomic E-state index is 0.113. The highest BCUT2D eigenvalue weighted by atomic mass is 19.4. The number of hydrogen-bond donors (Lipinski definition) is 2. The van der Waals surface area contributed by atoms with Gasteiger partial charge in [0.05, 0.1) is 5.92 Å². The molecule has 148 valence electrons. The molecule has 2 aliphatic rings. The Morgan fingerprint density at radius 3 is 2.70 bits per heavy atom. The van der Waals surface area contributed by atoms with Gasteiger partial charge < -0.3 is 15.5 Å². The summed E-state index contributed by atoms with van der Waals surface area (Å²) in [6, 6.07) is 8.08. The van der Waals surface area contributed by atoms with E-state index in [1.165, 1.54) is 5.69 Å². The lowest BCUT2D eigenvalue weighted by molar-refractivity contribution is -0.183. The van der Waals surface area contributed by atoms with Gasteiger partial charge in [0.25, 0.3) is 0 Å². The quantitative estimate of drug-likeness (QED) is 0.474. The normalized spacial score (nSPS) is 23.6. The van der Waals surface area contributed by atoms with Gasteiger partial charge in [-0.15, -0.1) is 0 Å². The molecule has 0 bridgehead atoms. The molecule has 2 atom stereocenters. The van der Waals surface area contributed by atoms with Crippen LogP contribution in [0.25, 0.3) is 0 Å². The monoisotopic (exact) mass is 380 g/mol. The highest BCUT2D eigenvalue weighted by molar-refractivity contribution is 5.80. The van der Waals surface area contributed by atoms with E-state index >= 15 is 0 Å². The molecule has 2 N–H and O–H groups in total. The molecule has 0 aromatic heterocycles. The third-order valence-corrected chi connectivity index (χ3v) is 5.26. The fraction of sp³-hybridized carbons (Fsp3) is 0.550. The maximum Gasteiger partial charge on any atom is 0.391 e. The number of nitrogens with zero attached hydrogens (tertiary/aromatic N) is 2. The lowest BCUT2D eigenvalue weighted by Gasteiger charge is -2.32. The Balaban J connectivity index is 1.53. The second-order valence-corrected chi connectivity index (χ2v) is 7.22. The molecule has 0 amide bonds. The van der Waals surface area contributed by atoms with E-state index in [0.717, 1.165) is 25.1 Å². The molecule has 1 saturated carbocycles. The third kappa shape index (κ3) is 5.40. The molecule has 4 nitrogen and oxygen atoms in total. The first-order valence-electron chi connectivity index (χ1n) is 9.48. The lowest BCUT2D eigenvalue weighted by Crippen LogP contribution is -2.46. The van der Waals surface area contributed by atoms with Crippen LogP contribution in [0.1, 0.15) is 31.2 Å². The van der Waals surface area contributed by atoms with Crippen molar-refractivity contribution in [2.75, 3.05) is 25.0 Å². The van der Waals surface area contributed by atoms with E-state index in [9.17, 15) is 13.2 Å². The highest BCUT2D eigenvalue weighted by Gasteiger charge is 2.42. The number of halogens is 3. The predicted octanol–water partition coefficient (Wildman–Crippen LogP) is 3.85. The zero-order valence-electron chi connectivity index (χ0n) is 15.6. The summed E-state index contributed by atoms with van der Waals surface area (Å²) < 4.78 is 39.0. The van der Waals surface area contributed by atoms with Crippen molar-refractivity contribution < 1.29 is 13.2 Å². The summed E-state index contributed by atoms with van der Waals surface area (Å²) in [7, 11) is 1.64. The zero-order chi connectivity index (χ0) is 19.3. The molecule has 1 aromatic carbocycles. The van der Waals surface area contributed by atoms with Gasteiger partial charge in [0.2, 0.25) is 0 Å². The second kappa shape index (κ2) is 8.67. The van der Waals surface area contributed by atoms with Crippen LogP contribution in [0.4, 0.5) is 18.9 Å². The number of anilines is 1. The van der Waals surface area contributed by atoms with Gasteiger partial charge in [0.1, 0.15) is 0 Å². The van der Waals surface area contributed by atoms with E-state index in [2.05, 4.69) is 44.8 Å². The standard InChI is InChI=1S/C20H27F3N4/c1-24-19(26-17-8-5-7-16(13-17)20(21,22)23)25-14-15-6-4-9-18(12-15)27-10-2-3-11-27/h2-4,6,9,12,16-17H,5,7-8,10-11,13-14H2,1H3,(H2,24,25,26). The van der Waals surface area contributed by atoms with Crippen LogP contribution in [0.2, 0.25) is 0 Å². The van der Waals surface area contributed by atoms with Gasteiger partial charge in [-0.05, 0) is 37.0 Å². The van der Waals surface area contributed by atoms with Crippen molar-refractivity contribution in [1.82, 2.24) is 10.6 Å². The van der Waals surface area contributed by atoms with Crippen molar-refractivity contribution in [3.8, 4) is 0 Å². The Morgan fingerprint density at radius 1 is 1.22 bits per heavy atom. The first kappa shape index (κ1) is 19.6. The number of rotatable bonds is 4. The maximum absolute atomic E-state index is 13.0. The maximum atomic E-state index is 13.0. The molecule has 27 heavy (non-hydrogen) atoms. The number of nitrogens with one attached hydrogen (secondary N) is 2. The Morgan fingerprint density at radius 2 is 2.00 bits per heavy atom. The molecule has 0 radical (unpaired) electrons. The van der Waals surface area contributed by atoms with E-state index in [4.69, 9.17) is 0 Å². The largest absolute Gasteiger partial charge is 0.391 e. The van der Waals surface area contributed by atoms with E-state index < -0.39 is 12.1 Å². The first-order valence-corrected chi connectivity index (χ1v) is 9.48. The van der Waals surface area contributed by atoms with E-state index in [-0.39, 0.29) is 18.9 Å². The molecule has 0 spiro atoms. The molecular formula is C20H27F3N4. The molecule has 3 rings (SSSR count). The second-order valence-electron chi connectivity index (χ2n) is 7.22. The molecule has 7 heteroatoms. The van der Waals surface area contributed by atoms with Crippen molar-refractivity contribution >= 4 is 11.6 Å². The number of guanidine groups is 1. The Bertz CT molecular complexity index is 676. The minimum atomic E-state index is -4.11. The summed E-state index contributed by atoms with van der Waals surface area (Å²) in [6.45, 7) is 2.41. The van der Waals surface area contributed by atoms with Gasteiger partial charge in [-0.1, -0.05) is 30.7 Å². The zero-order valence-corrected chi connectivity index (χ0v) is 15.6. The molecule has 1 aromatic rings. The third-order valence-electron chi connectivity index (χ3n) is 5.26. The van der Waals surface area contributed by atoms with E-state index in [0.29, 0.717) is 18.9 Å². The van der Waals surface area contributed by atoms with Crippen molar-refractivity contribution in [2.24, 2.45) is 10.9 Å². The molecule has 1 heterocycles. The smallest absolute Gasteiger partial charge is 0.364 e. The van der Waals surface area contributed by atoms with Crippen LogP contribution >= 0.6 is 0 Å². The van der Waals surface area contributed by atoms with Crippen LogP contribution in [0.15, 0.2) is 41.4 Å². The van der Waals surface area contributed by atoms with Crippen LogP contribution in [-0.4, -0.2) is 38.3 Å². The van der Waals surface area contributed by atoms with E-state index in [1.54, 1.807) is 7.05 Å². The molecule has 1 aliphatic heterocycles. The van der Waals surface area contributed by atoms with Crippen molar-refractivity contribution in [3.05, 3.63) is 42.0 Å². The van der Waals surface area contributed by atoms with Gasteiger partial charge >= 0.3 is 6.18 Å². The molecular weight excluding hydrogens is 353 g/mol. The Kier molecular flexibility index (Phi) is 6.29. The SMILES string of the molecule is CN=C(NCc1cccc(N2CC=CC2)c1)NC1CCCC(C(F)(F)F)C1. The average Bonchev–Trinajstić information content (AvgIpc) is 3.20. The fourth-order valence-corrected chi connectivity index (χ4v) is 3.74. The number of alkyl halides is 3. The van der Waals surface area contributed by atoms with Crippen molar-refractivity contribution in [3.63, 3.8) is 0 Å². The Labute approximate surface area is 158 Å². The first-order chi connectivity index (χ1) is 13.0. The fourth-order valence-electron chi connectivity index (χ4n) is 3.74. The van der Waals surface area contributed by atoms with Crippen molar-refractivity contribution in [2.45, 2.75) is 44.4 Å². The number of aliphatic imine (C=N–C) groups is 1. The summed E-state index contributed by atoms with van der Waals surface area (Å²) in [5, 5.41) is 6.39. The predicted molar refractivity (Wildman–Crippen MR) is 103 cm³/mol. The molecule has 2 unspecified atom stereocenters. The minimum Gasteiger partial charge on any atom is -0.364 e. The average molecular weight is 380 g/mol. The summed E-state index contributed by atoms with van der Waals surface area (Å²) in [5.41, 5.74) is 2.28. The summed E-state index contributed by atoms with van der Waals surface area (Å²) in [5.74, 6) is -0.663. The number of benzene rings is 1. The van der Waals surface area contributed by atoms with Crippen LogP contribution in [-0.2, 0) is 6.54 Å². The van der Waals surface area contributed by atoms with Gasteiger partial charge in [-0.25, -0.2) is 0 Å². The van der Waals surface area contributed by atoms with Gasteiger partial charge in [-0.3, -0.25) is 4.99 Å². The van der Waals surface area contributed by atoms with Crippen LogP contribution in [0, 0.1) is 5.92 Å². The van der Waals surface area contributed by atoms with E-state index in [1.807, 2.05) is 12.1 Å². The molecule has 1 aliphatic carbocycles. The van der Waals surface area contributed by atoms with Crippen molar-refractivity contribution in [1.29, 1.82) is 0 Å². The number of hydrogen-bond acceptors (Lipinski definition) is 2. The lowest BCUT2D eigenvalue weighted by atomic mass is 9.85. The van der Waals surface area contributed by atoms with Crippen LogP contribution < -0.4 is 15.5 Å². The summed E-state index contributed by atoms with van der Waals surface area (Å²) in [6.07, 6.45) is 1.86. The summed E-state index contributed by atoms with van der Waals surface area (Å²) in [4.78, 5) is 6.45. The van der Waals surface area contributed by atoms with Crippen LogP contribution in [0.5, 0.6) is 0 Å². The van der Waals surface area contributed by atoms with Crippen LogP contribution in [0.3, 0.4) is 0 Å². The van der Waals surface area contributed by atoms with Gasteiger partial charge in [0.15, 0.2) is 5.96 Å². The van der Waals surface area contributed by atoms with Gasteiger partial charge in [-0.2, -0.15) is 13.2 Å². The molecule has 1 fully saturated rings. The topological polar surface area (TPSA) is 39.7 Å². The summed E-state index contributed by atoms with van der Waals surface area (Å²) >= 11 is 0. The highest BCUT2D eigenvalue weighted by Crippen LogP contribution is 2.37. The van der Waals surface area contributed by atoms with Gasteiger partial charge in [0, 0.05) is 38.4 Å².